The van der Waals surface area contributed by atoms with E-state index in [1.54, 1.807) is 23.2 Å². The predicted molar refractivity (Wildman–Crippen MR) is 112 cm³/mol. The van der Waals surface area contributed by atoms with Crippen LogP contribution in [0.15, 0.2) is 65.7 Å². The highest BCUT2D eigenvalue weighted by Gasteiger charge is 2.34. The Labute approximate surface area is 175 Å². The molecule has 1 amide bonds. The summed E-state index contributed by atoms with van der Waals surface area (Å²) in [6, 6.07) is 16.8. The maximum Gasteiger partial charge on any atom is 0.254 e. The van der Waals surface area contributed by atoms with Gasteiger partial charge in [-0.15, -0.1) is 0 Å². The lowest BCUT2D eigenvalue weighted by molar-refractivity contribution is 0.0591. The van der Waals surface area contributed by atoms with Crippen LogP contribution in [0, 0.1) is 11.3 Å². The molecule has 1 saturated heterocycles. The molecular formula is C22H20N4O3S. The molecule has 3 aromatic rings. The highest BCUT2D eigenvalue weighted by molar-refractivity contribution is 7.89. The van der Waals surface area contributed by atoms with Gasteiger partial charge in [0.15, 0.2) is 0 Å². The second-order valence-corrected chi connectivity index (χ2v) is 9.20. The number of hydrogen-bond acceptors (Lipinski definition) is 5. The summed E-state index contributed by atoms with van der Waals surface area (Å²) >= 11 is 0. The summed E-state index contributed by atoms with van der Waals surface area (Å²) in [5.74, 6) is -0.134. The van der Waals surface area contributed by atoms with E-state index in [-0.39, 0.29) is 29.9 Å². The quantitative estimate of drug-likeness (QED) is 0.649. The third kappa shape index (κ3) is 3.65. The topological polar surface area (TPSA) is 94.4 Å². The minimum absolute atomic E-state index is 0.134. The smallest absolute Gasteiger partial charge is 0.254 e. The first-order valence-corrected chi connectivity index (χ1v) is 11.0. The molecule has 0 radical (unpaired) electrons. The number of piperazine rings is 1. The van der Waals surface area contributed by atoms with Gasteiger partial charge in [0, 0.05) is 42.8 Å². The molecule has 1 aliphatic rings. The van der Waals surface area contributed by atoms with Gasteiger partial charge in [0.2, 0.25) is 10.0 Å². The van der Waals surface area contributed by atoms with E-state index in [0.29, 0.717) is 17.7 Å². The first-order chi connectivity index (χ1) is 14.4. The molecule has 8 heteroatoms. The lowest BCUT2D eigenvalue weighted by atomic mass is 10.1. The zero-order chi connectivity index (χ0) is 21.3. The molecule has 30 heavy (non-hydrogen) atoms. The molecule has 4 rings (SSSR count). The van der Waals surface area contributed by atoms with E-state index in [0.717, 1.165) is 10.9 Å². The Kier molecular flexibility index (Phi) is 5.24. The molecule has 1 aliphatic heterocycles. The van der Waals surface area contributed by atoms with Crippen LogP contribution in [0.5, 0.6) is 0 Å². The number of benzene rings is 2. The summed E-state index contributed by atoms with van der Waals surface area (Å²) in [5.41, 5.74) is 1.69. The maximum absolute atomic E-state index is 13.1. The monoisotopic (exact) mass is 420 g/mol. The fourth-order valence-corrected chi connectivity index (χ4v) is 5.17. The van der Waals surface area contributed by atoms with Gasteiger partial charge >= 0.3 is 0 Å². The van der Waals surface area contributed by atoms with Crippen molar-refractivity contribution in [1.82, 2.24) is 14.2 Å². The molecule has 152 valence electrons. The number of nitriles is 1. The number of amides is 1. The van der Waals surface area contributed by atoms with Gasteiger partial charge in [0.1, 0.15) is 0 Å². The predicted octanol–water partition coefficient (Wildman–Crippen LogP) is 2.64. The van der Waals surface area contributed by atoms with Crippen molar-refractivity contribution in [3.63, 3.8) is 0 Å². The van der Waals surface area contributed by atoms with Crippen LogP contribution in [0.1, 0.15) is 22.8 Å². The van der Waals surface area contributed by atoms with Crippen LogP contribution in [0.2, 0.25) is 0 Å². The Hall–Kier alpha value is -3.28. The number of rotatable bonds is 3. The summed E-state index contributed by atoms with van der Waals surface area (Å²) in [6.07, 6.45) is 1.69. The zero-order valence-electron chi connectivity index (χ0n) is 16.4. The fourth-order valence-electron chi connectivity index (χ4n) is 3.66. The van der Waals surface area contributed by atoms with Crippen LogP contribution in [0.3, 0.4) is 0 Å². The molecule has 7 nitrogen and oxygen atoms in total. The zero-order valence-corrected chi connectivity index (χ0v) is 17.2. The van der Waals surface area contributed by atoms with Gasteiger partial charge in [-0.3, -0.25) is 9.78 Å². The molecule has 0 aliphatic carbocycles. The molecule has 0 bridgehead atoms. The van der Waals surface area contributed by atoms with E-state index in [2.05, 4.69) is 4.98 Å². The number of nitrogens with zero attached hydrogens (tertiary/aromatic N) is 4. The van der Waals surface area contributed by atoms with Gasteiger partial charge < -0.3 is 4.90 Å². The highest BCUT2D eigenvalue weighted by Crippen LogP contribution is 2.22. The van der Waals surface area contributed by atoms with E-state index in [1.807, 2.05) is 31.2 Å². The van der Waals surface area contributed by atoms with Crippen molar-refractivity contribution >= 4 is 26.8 Å². The minimum atomic E-state index is -3.69. The van der Waals surface area contributed by atoms with Crippen molar-refractivity contribution in [2.24, 2.45) is 0 Å². The van der Waals surface area contributed by atoms with Crippen LogP contribution in [-0.4, -0.2) is 54.2 Å². The highest BCUT2D eigenvalue weighted by atomic mass is 32.2. The number of sulfonamides is 1. The summed E-state index contributed by atoms with van der Waals surface area (Å²) in [7, 11) is -3.69. The lowest BCUT2D eigenvalue weighted by Crippen LogP contribution is -2.55. The molecule has 1 aromatic heterocycles. The number of fused-ring (bicyclic) bond motifs is 1. The largest absolute Gasteiger partial charge is 0.333 e. The first-order valence-electron chi connectivity index (χ1n) is 9.56. The Morgan fingerprint density at radius 2 is 1.90 bits per heavy atom. The lowest BCUT2D eigenvalue weighted by Gasteiger charge is -2.39. The molecule has 1 atom stereocenters. The normalized spacial score (nSPS) is 17.6. The average molecular weight is 420 g/mol. The third-order valence-corrected chi connectivity index (χ3v) is 7.20. The minimum Gasteiger partial charge on any atom is -0.333 e. The summed E-state index contributed by atoms with van der Waals surface area (Å²) in [4.78, 5) is 19.2. The van der Waals surface area contributed by atoms with Crippen molar-refractivity contribution < 1.29 is 13.2 Å². The SMILES string of the molecule is CC1CN(S(=O)(=O)c2ccc(C#N)cc2)CCN1C(=O)c1ccc2cccnc2c1. The molecule has 1 fully saturated rings. The standard InChI is InChI=1S/C22H20N4O3S/c1-16-15-25(30(28,29)20-8-4-17(14-23)5-9-20)11-12-26(16)22(27)19-7-6-18-3-2-10-24-21(18)13-19/h2-10,13,16H,11-12,15H2,1H3. The van der Waals surface area contributed by atoms with E-state index in [9.17, 15) is 13.2 Å². The molecule has 0 saturated carbocycles. The molecule has 0 spiro atoms. The molecule has 2 aromatic carbocycles. The molecule has 1 unspecified atom stereocenters. The summed E-state index contributed by atoms with van der Waals surface area (Å²) in [6.45, 7) is 2.57. The van der Waals surface area contributed by atoms with Gasteiger partial charge in [-0.25, -0.2) is 8.42 Å². The van der Waals surface area contributed by atoms with Gasteiger partial charge in [-0.2, -0.15) is 9.57 Å². The van der Waals surface area contributed by atoms with Crippen molar-refractivity contribution in [3.05, 3.63) is 71.9 Å². The van der Waals surface area contributed by atoms with Crippen LogP contribution in [0.4, 0.5) is 0 Å². The number of carbonyl (C=O) groups excluding carboxylic acids is 1. The van der Waals surface area contributed by atoms with Crippen LogP contribution < -0.4 is 0 Å². The van der Waals surface area contributed by atoms with Crippen LogP contribution in [0.25, 0.3) is 10.9 Å². The Bertz CT molecular complexity index is 1250. The van der Waals surface area contributed by atoms with E-state index in [1.165, 1.54) is 28.6 Å². The molecule has 2 heterocycles. The summed E-state index contributed by atoms with van der Waals surface area (Å²) in [5, 5.41) is 9.86. The molecule has 0 N–H and O–H groups in total. The van der Waals surface area contributed by atoms with Gasteiger partial charge in [0.05, 0.1) is 22.0 Å². The Morgan fingerprint density at radius 1 is 1.13 bits per heavy atom. The number of aromatic nitrogens is 1. The van der Waals surface area contributed by atoms with Gasteiger partial charge in [-0.1, -0.05) is 12.1 Å². The maximum atomic E-state index is 13.1. The van der Waals surface area contributed by atoms with Crippen molar-refractivity contribution in [3.8, 4) is 6.07 Å². The van der Waals surface area contributed by atoms with Crippen LogP contribution >= 0.6 is 0 Å². The summed E-state index contributed by atoms with van der Waals surface area (Å²) < 4.78 is 27.3. The average Bonchev–Trinajstić information content (AvgIpc) is 2.78. The number of carbonyl (C=O) groups is 1. The second-order valence-electron chi connectivity index (χ2n) is 7.26. The first kappa shape index (κ1) is 20.0. The van der Waals surface area contributed by atoms with Crippen molar-refractivity contribution in [2.45, 2.75) is 17.9 Å². The number of hydrogen-bond donors (Lipinski definition) is 0. The van der Waals surface area contributed by atoms with E-state index in [4.69, 9.17) is 5.26 Å². The number of pyridine rings is 1. The Balaban J connectivity index is 1.51. The Morgan fingerprint density at radius 3 is 2.60 bits per heavy atom. The van der Waals surface area contributed by atoms with Crippen molar-refractivity contribution in [1.29, 1.82) is 5.26 Å². The third-order valence-electron chi connectivity index (χ3n) is 5.33. The van der Waals surface area contributed by atoms with E-state index < -0.39 is 10.0 Å². The molecular weight excluding hydrogens is 400 g/mol. The van der Waals surface area contributed by atoms with Crippen molar-refractivity contribution in [2.75, 3.05) is 19.6 Å². The fraction of sp³-hybridized carbons (Fsp3) is 0.227. The van der Waals surface area contributed by atoms with E-state index >= 15 is 0 Å². The van der Waals surface area contributed by atoms with Gasteiger partial charge in [0.25, 0.3) is 5.91 Å². The van der Waals surface area contributed by atoms with Crippen LogP contribution in [-0.2, 0) is 10.0 Å². The second kappa shape index (κ2) is 7.86. The van der Waals surface area contributed by atoms with Gasteiger partial charge in [-0.05, 0) is 49.4 Å².